The lowest BCUT2D eigenvalue weighted by atomic mass is 9.97. The second kappa shape index (κ2) is 4.86. The maximum Gasteiger partial charge on any atom is 1.00 e. The summed E-state index contributed by atoms with van der Waals surface area (Å²) in [5.74, 6) is -0.462. The lowest BCUT2D eigenvalue weighted by Crippen LogP contribution is -2.63. The molecule has 7 nitrogen and oxygen atoms in total. The van der Waals surface area contributed by atoms with Crippen LogP contribution in [0, 0.1) is 0 Å². The number of aliphatic hydroxyl groups is 4. The topological polar surface area (TPSA) is 119 Å². The SMILES string of the molecule is CC(=O)N[C@@H]1[C@@H](O)[C@H](O)[C@@H](CO)O[C@H]1O.[H+].[H+].[H+]. The van der Waals surface area contributed by atoms with E-state index < -0.39 is 43.2 Å². The zero-order valence-corrected chi connectivity index (χ0v) is 8.20. The molecule has 0 spiro atoms. The van der Waals surface area contributed by atoms with Crippen LogP contribution in [0.5, 0.6) is 0 Å². The Morgan fingerprint density at radius 3 is 2.47 bits per heavy atom. The van der Waals surface area contributed by atoms with Crippen LogP contribution in [0.25, 0.3) is 0 Å². The molecule has 1 fully saturated rings. The van der Waals surface area contributed by atoms with Gasteiger partial charge in [-0.05, 0) is 0 Å². The van der Waals surface area contributed by atoms with Gasteiger partial charge in [-0.2, -0.15) is 0 Å². The molecule has 5 N–H and O–H groups in total. The van der Waals surface area contributed by atoms with E-state index in [0.717, 1.165) is 0 Å². The van der Waals surface area contributed by atoms with Gasteiger partial charge < -0.3 is 30.5 Å². The van der Waals surface area contributed by atoms with E-state index in [2.05, 4.69) is 5.32 Å². The van der Waals surface area contributed by atoms with Crippen molar-refractivity contribution in [2.45, 2.75) is 37.6 Å². The predicted molar refractivity (Wildman–Crippen MR) is 50.9 cm³/mol. The second-order valence-corrected chi connectivity index (χ2v) is 3.46. The molecule has 0 bridgehead atoms. The van der Waals surface area contributed by atoms with E-state index in [1.165, 1.54) is 6.92 Å². The van der Waals surface area contributed by atoms with Gasteiger partial charge in [0.05, 0.1) is 6.61 Å². The number of amides is 1. The average molecular weight is 224 g/mol. The fraction of sp³-hybridized carbons (Fsp3) is 0.875. The van der Waals surface area contributed by atoms with E-state index in [9.17, 15) is 20.1 Å². The van der Waals surface area contributed by atoms with Crippen LogP contribution in [0.15, 0.2) is 0 Å². The molecule has 0 radical (unpaired) electrons. The Labute approximate surface area is 90.7 Å². The Hall–Kier alpha value is -0.730. The van der Waals surface area contributed by atoms with Crippen molar-refractivity contribution in [2.24, 2.45) is 0 Å². The summed E-state index contributed by atoms with van der Waals surface area (Å²) >= 11 is 0. The number of rotatable bonds is 2. The highest BCUT2D eigenvalue weighted by Gasteiger charge is 2.43. The van der Waals surface area contributed by atoms with Crippen molar-refractivity contribution >= 4 is 5.91 Å². The van der Waals surface area contributed by atoms with Gasteiger partial charge >= 0.3 is 4.28 Å². The third-order valence-electron chi connectivity index (χ3n) is 2.27. The quantitative estimate of drug-likeness (QED) is 0.347. The minimum absolute atomic E-state index is 0. The van der Waals surface area contributed by atoms with E-state index in [4.69, 9.17) is 9.84 Å². The molecule has 0 aromatic heterocycles. The summed E-state index contributed by atoms with van der Waals surface area (Å²) in [7, 11) is 0. The van der Waals surface area contributed by atoms with Crippen LogP contribution in [0.4, 0.5) is 0 Å². The van der Waals surface area contributed by atoms with Gasteiger partial charge in [0.1, 0.15) is 24.4 Å². The molecule has 7 heteroatoms. The highest BCUT2D eigenvalue weighted by molar-refractivity contribution is 5.73. The monoisotopic (exact) mass is 224 g/mol. The van der Waals surface area contributed by atoms with E-state index in [1.54, 1.807) is 0 Å². The van der Waals surface area contributed by atoms with Gasteiger partial charge in [-0.3, -0.25) is 4.79 Å². The Balaban J connectivity index is -0.000000750. The average Bonchev–Trinajstić information content (AvgIpc) is 2.18. The van der Waals surface area contributed by atoms with Gasteiger partial charge in [0, 0.05) is 6.92 Å². The first kappa shape index (κ1) is 12.3. The second-order valence-electron chi connectivity index (χ2n) is 3.46. The number of nitrogens with one attached hydrogen (secondary N) is 1. The summed E-state index contributed by atoms with van der Waals surface area (Å²) in [5.41, 5.74) is 0. The molecule has 1 heterocycles. The largest absolute Gasteiger partial charge is 1.00 e. The maximum atomic E-state index is 10.7. The lowest BCUT2D eigenvalue weighted by molar-refractivity contribution is -0.253. The highest BCUT2D eigenvalue weighted by Crippen LogP contribution is 2.19. The van der Waals surface area contributed by atoms with Crippen molar-refractivity contribution < 1.29 is 34.2 Å². The number of ether oxygens (including phenoxy) is 1. The molecule has 0 aliphatic carbocycles. The van der Waals surface area contributed by atoms with E-state index >= 15 is 0 Å². The Kier molecular flexibility index (Phi) is 4.00. The summed E-state index contributed by atoms with van der Waals surface area (Å²) in [6.07, 6.45) is -5.24. The summed E-state index contributed by atoms with van der Waals surface area (Å²) in [6.45, 7) is 0.687. The van der Waals surface area contributed by atoms with Crippen LogP contribution in [-0.4, -0.2) is 63.6 Å². The Morgan fingerprint density at radius 1 is 1.40 bits per heavy atom. The molecule has 1 rings (SSSR count). The molecular formula is C8H18NO6+3. The summed E-state index contributed by atoms with van der Waals surface area (Å²) in [5, 5.41) is 39.4. The first-order valence-electron chi connectivity index (χ1n) is 4.55. The Bertz CT molecular complexity index is 247. The predicted octanol–water partition coefficient (Wildman–Crippen LogP) is -2.74. The highest BCUT2D eigenvalue weighted by atomic mass is 16.6. The normalized spacial score (nSPS) is 41.3. The van der Waals surface area contributed by atoms with Gasteiger partial charge in [0.15, 0.2) is 6.29 Å². The van der Waals surface area contributed by atoms with Crippen molar-refractivity contribution in [1.82, 2.24) is 5.32 Å². The van der Waals surface area contributed by atoms with Gasteiger partial charge in [-0.1, -0.05) is 0 Å². The zero-order chi connectivity index (χ0) is 11.6. The summed E-state index contributed by atoms with van der Waals surface area (Å²) in [6, 6.07) is -1.10. The van der Waals surface area contributed by atoms with Crippen LogP contribution in [0.1, 0.15) is 11.2 Å². The van der Waals surface area contributed by atoms with Gasteiger partial charge in [0.2, 0.25) is 5.91 Å². The minimum Gasteiger partial charge on any atom is -0.394 e. The van der Waals surface area contributed by atoms with Crippen LogP contribution in [-0.2, 0) is 9.53 Å². The summed E-state index contributed by atoms with van der Waals surface area (Å²) < 4.78 is 4.81. The van der Waals surface area contributed by atoms with Crippen molar-refractivity contribution in [1.29, 1.82) is 0 Å². The third-order valence-corrected chi connectivity index (χ3v) is 2.27. The van der Waals surface area contributed by atoms with Crippen LogP contribution < -0.4 is 5.32 Å². The third kappa shape index (κ3) is 2.64. The minimum atomic E-state index is -1.45. The molecule has 5 atom stereocenters. The van der Waals surface area contributed by atoms with E-state index in [-0.39, 0.29) is 4.28 Å². The molecule has 1 aliphatic rings. The number of hydrogen-bond donors (Lipinski definition) is 5. The molecular weight excluding hydrogens is 206 g/mol. The zero-order valence-electron chi connectivity index (χ0n) is 11.2. The number of carbonyl (C=O) groups is 1. The number of aliphatic hydroxyl groups excluding tert-OH is 4. The van der Waals surface area contributed by atoms with Crippen molar-refractivity contribution in [3.05, 3.63) is 0 Å². The van der Waals surface area contributed by atoms with Crippen molar-refractivity contribution in [3.63, 3.8) is 0 Å². The first-order chi connectivity index (χ1) is 6.97. The van der Waals surface area contributed by atoms with Crippen LogP contribution in [0.3, 0.4) is 0 Å². The van der Waals surface area contributed by atoms with E-state index in [1.807, 2.05) is 0 Å². The molecule has 0 aromatic rings. The van der Waals surface area contributed by atoms with Crippen LogP contribution >= 0.6 is 0 Å². The molecule has 0 aromatic carbocycles. The molecule has 15 heavy (non-hydrogen) atoms. The molecule has 0 saturated carbocycles. The molecule has 1 amide bonds. The number of hydrogen-bond acceptors (Lipinski definition) is 6. The maximum absolute atomic E-state index is 10.7. The molecule has 88 valence electrons. The van der Waals surface area contributed by atoms with Crippen molar-refractivity contribution in [3.8, 4) is 0 Å². The van der Waals surface area contributed by atoms with Gasteiger partial charge in [-0.25, -0.2) is 0 Å². The van der Waals surface area contributed by atoms with Crippen molar-refractivity contribution in [2.75, 3.05) is 6.61 Å². The lowest BCUT2D eigenvalue weighted by Gasteiger charge is -2.40. The number of carbonyl (C=O) groups excluding carboxylic acids is 1. The van der Waals surface area contributed by atoms with Gasteiger partial charge in [0.25, 0.3) is 0 Å². The molecule has 1 saturated heterocycles. The fourth-order valence-corrected chi connectivity index (χ4v) is 1.49. The standard InChI is InChI=1S/C8H15NO6/c1-3(11)9-5-7(13)6(12)4(2-10)15-8(5)14/h4-8,10,12-14H,2H2,1H3,(H,9,11)/p+3/t4-,5-,6-,7-,8-/m1/s1. The van der Waals surface area contributed by atoms with Gasteiger partial charge in [-0.15, -0.1) is 0 Å². The molecule has 0 unspecified atom stereocenters. The summed E-state index contributed by atoms with van der Waals surface area (Å²) in [4.78, 5) is 10.7. The van der Waals surface area contributed by atoms with E-state index in [0.29, 0.717) is 0 Å². The van der Waals surface area contributed by atoms with Crippen LogP contribution in [0.2, 0.25) is 0 Å². The fourth-order valence-electron chi connectivity index (χ4n) is 1.49. The Morgan fingerprint density at radius 2 is 2.00 bits per heavy atom. The molecule has 1 aliphatic heterocycles. The first-order valence-corrected chi connectivity index (χ1v) is 4.55. The smallest absolute Gasteiger partial charge is 0.394 e.